The summed E-state index contributed by atoms with van der Waals surface area (Å²) >= 11 is 6.20. The van der Waals surface area contributed by atoms with E-state index in [1.54, 1.807) is 29.2 Å². The number of hydrogen-bond acceptors (Lipinski definition) is 4. The predicted octanol–water partition coefficient (Wildman–Crippen LogP) is 2.79. The lowest BCUT2D eigenvalue weighted by molar-refractivity contribution is -0.137. The van der Waals surface area contributed by atoms with Crippen molar-refractivity contribution < 1.29 is 18.0 Å². The largest absolute Gasteiger partial charge is 0.341 e. The van der Waals surface area contributed by atoms with E-state index in [0.717, 1.165) is 0 Å². The average molecular weight is 384 g/mol. The van der Waals surface area contributed by atoms with E-state index in [4.69, 9.17) is 11.6 Å². The number of rotatable bonds is 2. The van der Waals surface area contributed by atoms with Gasteiger partial charge in [0.25, 0.3) is 0 Å². The molecule has 2 aliphatic rings. The third-order valence-electron chi connectivity index (χ3n) is 5.20. The highest BCUT2D eigenvalue weighted by atomic mass is 35.5. The Morgan fingerprint density at radius 3 is 2.44 bits per heavy atom. The van der Waals surface area contributed by atoms with Gasteiger partial charge in [0.1, 0.15) is 5.78 Å². The normalized spacial score (nSPS) is 24.8. The van der Waals surface area contributed by atoms with Crippen LogP contribution in [-0.4, -0.2) is 43.9 Å². The van der Waals surface area contributed by atoms with Gasteiger partial charge >= 0.3 is 0 Å². The van der Waals surface area contributed by atoms with Gasteiger partial charge in [0.05, 0.1) is 11.0 Å². The summed E-state index contributed by atoms with van der Waals surface area (Å²) in [6.45, 7) is 0.616. The van der Waals surface area contributed by atoms with Crippen molar-refractivity contribution in [1.29, 1.82) is 0 Å². The molecule has 136 valence electrons. The van der Waals surface area contributed by atoms with E-state index < -0.39 is 15.1 Å². The van der Waals surface area contributed by atoms with Crippen molar-refractivity contribution in [2.24, 2.45) is 5.92 Å². The molecular formula is C18H22ClNO4S. The Morgan fingerprint density at radius 2 is 1.76 bits per heavy atom. The maximum atomic E-state index is 12.7. The van der Waals surface area contributed by atoms with Crippen LogP contribution in [0.25, 0.3) is 0 Å². The average Bonchev–Trinajstić information content (AvgIpc) is 2.74. The molecular weight excluding hydrogens is 362 g/mol. The van der Waals surface area contributed by atoms with Gasteiger partial charge in [0.2, 0.25) is 5.91 Å². The first-order valence-electron chi connectivity index (χ1n) is 8.65. The molecule has 1 saturated carbocycles. The first kappa shape index (κ1) is 18.4. The van der Waals surface area contributed by atoms with E-state index in [1.807, 2.05) is 0 Å². The maximum Gasteiger partial charge on any atom is 0.225 e. The van der Waals surface area contributed by atoms with Crippen LogP contribution in [0.1, 0.15) is 42.9 Å². The van der Waals surface area contributed by atoms with Crippen LogP contribution in [0.4, 0.5) is 0 Å². The minimum Gasteiger partial charge on any atom is -0.341 e. The summed E-state index contributed by atoms with van der Waals surface area (Å²) in [4.78, 5) is 25.8. The molecule has 25 heavy (non-hydrogen) atoms. The highest BCUT2D eigenvalue weighted by molar-refractivity contribution is 7.91. The Morgan fingerprint density at radius 1 is 1.08 bits per heavy atom. The number of halogens is 1. The molecule has 1 aliphatic carbocycles. The Kier molecular flexibility index (Phi) is 5.49. The van der Waals surface area contributed by atoms with E-state index in [1.165, 1.54) is 0 Å². The zero-order valence-corrected chi connectivity index (χ0v) is 15.6. The van der Waals surface area contributed by atoms with Gasteiger partial charge in [-0.25, -0.2) is 8.42 Å². The lowest BCUT2D eigenvalue weighted by Gasteiger charge is -2.27. The van der Waals surface area contributed by atoms with Crippen LogP contribution >= 0.6 is 11.6 Å². The van der Waals surface area contributed by atoms with Gasteiger partial charge in [0, 0.05) is 36.9 Å². The summed E-state index contributed by atoms with van der Waals surface area (Å²) < 4.78 is 25.4. The van der Waals surface area contributed by atoms with E-state index in [0.29, 0.717) is 49.2 Å². The first-order chi connectivity index (χ1) is 11.9. The molecule has 0 bridgehead atoms. The highest BCUT2D eigenvalue weighted by Crippen LogP contribution is 2.34. The monoisotopic (exact) mass is 383 g/mol. The van der Waals surface area contributed by atoms with Gasteiger partial charge in [0.15, 0.2) is 9.84 Å². The Labute approximate surface area is 153 Å². The Bertz CT molecular complexity index is 767. The number of hydrogen-bond donors (Lipinski definition) is 0. The van der Waals surface area contributed by atoms with E-state index in [9.17, 15) is 18.0 Å². The molecule has 1 saturated heterocycles. The zero-order valence-electron chi connectivity index (χ0n) is 14.0. The summed E-state index contributed by atoms with van der Waals surface area (Å²) in [7, 11) is -3.37. The topological polar surface area (TPSA) is 71.5 Å². The molecule has 1 amide bonds. The smallest absolute Gasteiger partial charge is 0.225 e. The van der Waals surface area contributed by atoms with Crippen LogP contribution in [-0.2, 0) is 19.4 Å². The molecule has 1 aromatic rings. The van der Waals surface area contributed by atoms with Crippen molar-refractivity contribution in [2.75, 3.05) is 18.8 Å². The fourth-order valence-corrected chi connectivity index (χ4v) is 5.84. The third kappa shape index (κ3) is 4.06. The highest BCUT2D eigenvalue weighted by Gasteiger charge is 2.36. The van der Waals surface area contributed by atoms with Gasteiger partial charge in [-0.1, -0.05) is 29.8 Å². The molecule has 1 aliphatic heterocycles. The van der Waals surface area contributed by atoms with Gasteiger partial charge in [-0.05, 0) is 30.9 Å². The van der Waals surface area contributed by atoms with Crippen molar-refractivity contribution in [3.05, 3.63) is 34.9 Å². The van der Waals surface area contributed by atoms with Crippen LogP contribution in [0, 0.1) is 5.92 Å². The van der Waals surface area contributed by atoms with Crippen molar-refractivity contribution in [2.45, 2.75) is 37.4 Å². The molecule has 2 fully saturated rings. The number of carbonyl (C=O) groups is 2. The fraction of sp³-hybridized carbons (Fsp3) is 0.556. The second kappa shape index (κ2) is 7.46. The van der Waals surface area contributed by atoms with E-state index >= 15 is 0 Å². The predicted molar refractivity (Wildman–Crippen MR) is 96.1 cm³/mol. The molecule has 7 heteroatoms. The SMILES string of the molecule is O=C1CCC(C(=O)N2CCC(c3ccccc3Cl)S(=O)(=O)CC2)CC1. The number of sulfone groups is 1. The first-order valence-corrected chi connectivity index (χ1v) is 10.7. The van der Waals surface area contributed by atoms with Gasteiger partial charge in [-0.3, -0.25) is 9.59 Å². The number of Topliss-reactive ketones (excluding diaryl/α,β-unsaturated/α-hetero) is 1. The molecule has 5 nitrogen and oxygen atoms in total. The molecule has 1 heterocycles. The van der Waals surface area contributed by atoms with Crippen LogP contribution in [0.3, 0.4) is 0 Å². The van der Waals surface area contributed by atoms with Crippen molar-refractivity contribution >= 4 is 33.1 Å². The summed E-state index contributed by atoms with van der Waals surface area (Å²) in [6, 6.07) is 6.99. The summed E-state index contributed by atoms with van der Waals surface area (Å²) in [6.07, 6.45) is 2.41. The maximum absolute atomic E-state index is 12.7. The number of benzene rings is 1. The second-order valence-corrected chi connectivity index (χ2v) is 9.51. The van der Waals surface area contributed by atoms with Gasteiger partial charge in [-0.15, -0.1) is 0 Å². The second-order valence-electron chi connectivity index (χ2n) is 6.80. The number of carbonyl (C=O) groups excluding carboxylic acids is 2. The summed E-state index contributed by atoms with van der Waals surface area (Å²) in [5.41, 5.74) is 0.613. The number of ketones is 1. The Balaban J connectivity index is 1.75. The molecule has 1 aromatic carbocycles. The van der Waals surface area contributed by atoms with Gasteiger partial charge < -0.3 is 4.90 Å². The molecule has 0 radical (unpaired) electrons. The number of amides is 1. The molecule has 0 aromatic heterocycles. The fourth-order valence-electron chi connectivity index (χ4n) is 3.69. The van der Waals surface area contributed by atoms with Crippen LogP contribution in [0.15, 0.2) is 24.3 Å². The minimum absolute atomic E-state index is 0.0116. The zero-order chi connectivity index (χ0) is 18.0. The summed E-state index contributed by atoms with van der Waals surface area (Å²) in [5, 5.41) is -0.228. The minimum atomic E-state index is -3.37. The molecule has 1 unspecified atom stereocenters. The molecule has 0 N–H and O–H groups in total. The van der Waals surface area contributed by atoms with E-state index in [-0.39, 0.29) is 29.9 Å². The van der Waals surface area contributed by atoms with Crippen LogP contribution < -0.4 is 0 Å². The molecule has 1 atom stereocenters. The lowest BCUT2D eigenvalue weighted by Crippen LogP contribution is -2.39. The Hall–Kier alpha value is -1.40. The van der Waals surface area contributed by atoms with Crippen LogP contribution in [0.5, 0.6) is 0 Å². The summed E-state index contributed by atoms with van der Waals surface area (Å²) in [5.74, 6) is -0.0126. The van der Waals surface area contributed by atoms with Crippen molar-refractivity contribution in [3.8, 4) is 0 Å². The van der Waals surface area contributed by atoms with Crippen molar-refractivity contribution in [1.82, 2.24) is 4.90 Å². The standard InChI is InChI=1S/C18H22ClNO4S/c19-16-4-2-1-3-15(16)17-9-10-20(11-12-25(17,23)24)18(22)13-5-7-14(21)8-6-13/h1-4,13,17H,5-12H2. The third-order valence-corrected chi connectivity index (χ3v) is 7.65. The van der Waals surface area contributed by atoms with Crippen molar-refractivity contribution in [3.63, 3.8) is 0 Å². The lowest BCUT2D eigenvalue weighted by atomic mass is 9.87. The van der Waals surface area contributed by atoms with Gasteiger partial charge in [-0.2, -0.15) is 0 Å². The van der Waals surface area contributed by atoms with E-state index in [2.05, 4.69) is 0 Å². The van der Waals surface area contributed by atoms with Crippen LogP contribution in [0.2, 0.25) is 5.02 Å². The number of nitrogens with zero attached hydrogens (tertiary/aromatic N) is 1. The quantitative estimate of drug-likeness (QED) is 0.787. The molecule has 3 rings (SSSR count). The molecule has 0 spiro atoms.